The van der Waals surface area contributed by atoms with Gasteiger partial charge in [0.05, 0.1) is 11.8 Å². The summed E-state index contributed by atoms with van der Waals surface area (Å²) >= 11 is 0. The van der Waals surface area contributed by atoms with Crippen LogP contribution in [0.2, 0.25) is 0 Å². The first-order valence-electron chi connectivity index (χ1n) is 6.60. The lowest BCUT2D eigenvalue weighted by atomic mass is 9.82. The summed E-state index contributed by atoms with van der Waals surface area (Å²) in [7, 11) is 0. The zero-order valence-electron chi connectivity index (χ0n) is 11.3. The van der Waals surface area contributed by atoms with Crippen LogP contribution in [-0.2, 0) is 9.59 Å². The lowest BCUT2D eigenvalue weighted by Gasteiger charge is -2.26. The van der Waals surface area contributed by atoms with Gasteiger partial charge < -0.3 is 10.4 Å². The van der Waals surface area contributed by atoms with E-state index in [1.54, 1.807) is 0 Å². The summed E-state index contributed by atoms with van der Waals surface area (Å²) in [5, 5.41) is 12.1. The van der Waals surface area contributed by atoms with Crippen molar-refractivity contribution in [3.63, 3.8) is 0 Å². The van der Waals surface area contributed by atoms with Crippen LogP contribution < -0.4 is 5.32 Å². The van der Waals surface area contributed by atoms with Crippen molar-refractivity contribution < 1.29 is 14.7 Å². The van der Waals surface area contributed by atoms with E-state index in [0.29, 0.717) is 18.8 Å². The minimum Gasteiger partial charge on any atom is -0.481 e. The third-order valence-corrected chi connectivity index (χ3v) is 3.30. The van der Waals surface area contributed by atoms with E-state index >= 15 is 0 Å². The first-order chi connectivity index (χ1) is 8.41. The second-order valence-corrected chi connectivity index (χ2v) is 5.53. The quantitative estimate of drug-likeness (QED) is 0.738. The maximum Gasteiger partial charge on any atom is 0.307 e. The molecule has 0 radical (unpaired) electrons. The molecule has 0 saturated carbocycles. The fourth-order valence-electron chi connectivity index (χ4n) is 2.49. The molecule has 1 aliphatic carbocycles. The summed E-state index contributed by atoms with van der Waals surface area (Å²) in [5.41, 5.74) is 0. The van der Waals surface area contributed by atoms with Crippen LogP contribution >= 0.6 is 0 Å². The van der Waals surface area contributed by atoms with Crippen molar-refractivity contribution in [1.29, 1.82) is 0 Å². The second-order valence-electron chi connectivity index (χ2n) is 5.53. The molecular formula is C14H23NO3. The van der Waals surface area contributed by atoms with Gasteiger partial charge in [0.1, 0.15) is 0 Å². The highest BCUT2D eigenvalue weighted by atomic mass is 16.4. The van der Waals surface area contributed by atoms with Crippen LogP contribution in [0, 0.1) is 17.8 Å². The number of nitrogens with one attached hydrogen (secondary N) is 1. The molecule has 4 heteroatoms. The van der Waals surface area contributed by atoms with Gasteiger partial charge >= 0.3 is 5.97 Å². The van der Waals surface area contributed by atoms with E-state index in [9.17, 15) is 9.59 Å². The Labute approximate surface area is 108 Å². The van der Waals surface area contributed by atoms with Crippen LogP contribution in [0.4, 0.5) is 0 Å². The summed E-state index contributed by atoms with van der Waals surface area (Å²) in [4.78, 5) is 23.2. The van der Waals surface area contributed by atoms with Gasteiger partial charge in [0, 0.05) is 6.04 Å². The molecule has 0 fully saturated rings. The van der Waals surface area contributed by atoms with Gasteiger partial charge in [-0.2, -0.15) is 0 Å². The largest absolute Gasteiger partial charge is 0.481 e. The van der Waals surface area contributed by atoms with Gasteiger partial charge in [0.2, 0.25) is 5.91 Å². The topological polar surface area (TPSA) is 66.4 Å². The van der Waals surface area contributed by atoms with Gasteiger partial charge in [0.25, 0.3) is 0 Å². The summed E-state index contributed by atoms with van der Waals surface area (Å²) in [5.74, 6) is -1.50. The Morgan fingerprint density at radius 1 is 1.22 bits per heavy atom. The lowest BCUT2D eigenvalue weighted by molar-refractivity contribution is -0.147. The number of carboxylic acid groups (broad SMARTS) is 1. The van der Waals surface area contributed by atoms with Crippen molar-refractivity contribution in [1.82, 2.24) is 5.32 Å². The Hall–Kier alpha value is -1.32. The van der Waals surface area contributed by atoms with Crippen molar-refractivity contribution in [2.45, 2.75) is 46.1 Å². The first-order valence-corrected chi connectivity index (χ1v) is 6.60. The highest BCUT2D eigenvalue weighted by molar-refractivity contribution is 5.85. The van der Waals surface area contributed by atoms with Crippen LogP contribution in [0.15, 0.2) is 12.2 Å². The maximum atomic E-state index is 12.1. The van der Waals surface area contributed by atoms with Gasteiger partial charge in [0.15, 0.2) is 0 Å². The average molecular weight is 253 g/mol. The van der Waals surface area contributed by atoms with Crippen LogP contribution in [0.1, 0.15) is 40.0 Å². The molecule has 0 heterocycles. The minimum absolute atomic E-state index is 0.0952. The third-order valence-electron chi connectivity index (χ3n) is 3.30. The highest BCUT2D eigenvalue weighted by Gasteiger charge is 2.34. The molecular weight excluding hydrogens is 230 g/mol. The number of rotatable bonds is 5. The van der Waals surface area contributed by atoms with Crippen molar-refractivity contribution in [2.24, 2.45) is 17.8 Å². The van der Waals surface area contributed by atoms with Crippen molar-refractivity contribution in [3.05, 3.63) is 12.2 Å². The molecule has 102 valence electrons. The van der Waals surface area contributed by atoms with E-state index in [4.69, 9.17) is 5.11 Å². The third kappa shape index (κ3) is 4.17. The lowest BCUT2D eigenvalue weighted by Crippen LogP contribution is -2.42. The summed E-state index contributed by atoms with van der Waals surface area (Å²) in [6, 6.07) is 0.0952. The Morgan fingerprint density at radius 3 is 2.28 bits per heavy atom. The predicted octanol–water partition coefficient (Wildman–Crippen LogP) is 2.20. The van der Waals surface area contributed by atoms with Crippen LogP contribution in [0.25, 0.3) is 0 Å². The van der Waals surface area contributed by atoms with Crippen LogP contribution in [-0.4, -0.2) is 23.0 Å². The number of carbonyl (C=O) groups is 2. The van der Waals surface area contributed by atoms with Gasteiger partial charge in [-0.15, -0.1) is 0 Å². The SMILES string of the molecule is CC(C)CC(C)NC(=O)C1CC=CCC1C(=O)O. The van der Waals surface area contributed by atoms with Crippen LogP contribution in [0.3, 0.4) is 0 Å². The number of aliphatic carboxylic acids is 1. The summed E-state index contributed by atoms with van der Waals surface area (Å²) in [6.45, 7) is 6.17. The average Bonchev–Trinajstić information content (AvgIpc) is 2.27. The molecule has 0 aliphatic heterocycles. The molecule has 1 rings (SSSR count). The van der Waals surface area contributed by atoms with E-state index in [2.05, 4.69) is 19.2 Å². The zero-order valence-corrected chi connectivity index (χ0v) is 11.3. The van der Waals surface area contributed by atoms with Gasteiger partial charge in [-0.3, -0.25) is 9.59 Å². The summed E-state index contributed by atoms with van der Waals surface area (Å²) < 4.78 is 0. The molecule has 0 spiro atoms. The fraction of sp³-hybridized carbons (Fsp3) is 0.714. The highest BCUT2D eigenvalue weighted by Crippen LogP contribution is 2.26. The van der Waals surface area contributed by atoms with Crippen molar-refractivity contribution >= 4 is 11.9 Å². The molecule has 3 atom stereocenters. The van der Waals surface area contributed by atoms with Gasteiger partial charge in [-0.25, -0.2) is 0 Å². The van der Waals surface area contributed by atoms with Crippen molar-refractivity contribution in [2.75, 3.05) is 0 Å². The number of hydrogen-bond acceptors (Lipinski definition) is 2. The number of carboxylic acids is 1. The van der Waals surface area contributed by atoms with E-state index in [-0.39, 0.29) is 11.9 Å². The Bertz CT molecular complexity index is 336. The van der Waals surface area contributed by atoms with Gasteiger partial charge in [-0.1, -0.05) is 26.0 Å². The second kappa shape index (κ2) is 6.57. The zero-order chi connectivity index (χ0) is 13.7. The van der Waals surface area contributed by atoms with Crippen LogP contribution in [0.5, 0.6) is 0 Å². The van der Waals surface area contributed by atoms with Crippen molar-refractivity contribution in [3.8, 4) is 0 Å². The molecule has 0 bridgehead atoms. The van der Waals surface area contributed by atoms with E-state index < -0.39 is 17.8 Å². The number of amides is 1. The van der Waals surface area contributed by atoms with Gasteiger partial charge in [-0.05, 0) is 32.1 Å². The molecule has 0 aromatic heterocycles. The normalized spacial score (nSPS) is 24.9. The fourth-order valence-corrected chi connectivity index (χ4v) is 2.49. The maximum absolute atomic E-state index is 12.1. The Balaban J connectivity index is 2.59. The molecule has 3 unspecified atom stereocenters. The minimum atomic E-state index is -0.879. The smallest absolute Gasteiger partial charge is 0.307 e. The Kier molecular flexibility index (Phi) is 5.38. The number of carbonyl (C=O) groups excluding carboxylic acids is 1. The molecule has 0 aromatic rings. The summed E-state index contributed by atoms with van der Waals surface area (Å²) in [6.07, 6.45) is 5.63. The molecule has 1 aliphatic rings. The standard InChI is InChI=1S/C14H23NO3/c1-9(2)8-10(3)15-13(16)11-6-4-5-7-12(11)14(17)18/h4-5,9-12H,6-8H2,1-3H3,(H,15,16)(H,17,18). The molecule has 18 heavy (non-hydrogen) atoms. The molecule has 4 nitrogen and oxygen atoms in total. The molecule has 0 aromatic carbocycles. The molecule has 0 saturated heterocycles. The number of allylic oxidation sites excluding steroid dienone is 2. The van der Waals surface area contributed by atoms with E-state index in [0.717, 1.165) is 6.42 Å². The Morgan fingerprint density at radius 2 is 1.78 bits per heavy atom. The van der Waals surface area contributed by atoms with E-state index in [1.165, 1.54) is 0 Å². The number of hydrogen-bond donors (Lipinski definition) is 2. The monoisotopic (exact) mass is 253 g/mol. The molecule has 2 N–H and O–H groups in total. The first kappa shape index (κ1) is 14.7. The molecule has 1 amide bonds. The predicted molar refractivity (Wildman–Crippen MR) is 70.0 cm³/mol. The van der Waals surface area contributed by atoms with E-state index in [1.807, 2.05) is 19.1 Å².